The summed E-state index contributed by atoms with van der Waals surface area (Å²) in [4.78, 5) is 17.0. The molecule has 1 aromatic heterocycles. The van der Waals surface area contributed by atoms with Crippen molar-refractivity contribution < 1.29 is 13.6 Å². The van der Waals surface area contributed by atoms with Gasteiger partial charge in [0.05, 0.1) is 28.4 Å². The third-order valence-electron chi connectivity index (χ3n) is 4.41. The molecule has 4 rings (SSSR count). The molecule has 1 amide bonds. The molecule has 0 fully saturated rings. The Hall–Kier alpha value is -2.90. The van der Waals surface area contributed by atoms with Crippen molar-refractivity contribution in [3.05, 3.63) is 89.0 Å². The fraction of sp³-hybridized carbons (Fsp3) is 0.0909. The van der Waals surface area contributed by atoms with E-state index in [4.69, 9.17) is 11.6 Å². The number of carbonyl (C=O) groups excluding carboxylic acids is 1. The van der Waals surface area contributed by atoms with Gasteiger partial charge in [-0.3, -0.25) is 4.79 Å². The van der Waals surface area contributed by atoms with Crippen LogP contribution in [0.25, 0.3) is 11.0 Å². The molecule has 0 aliphatic heterocycles. The van der Waals surface area contributed by atoms with Gasteiger partial charge < -0.3 is 9.88 Å². The van der Waals surface area contributed by atoms with Gasteiger partial charge in [-0.05, 0) is 48.0 Å². The number of carbonyl (C=O) groups is 1. The molecule has 0 saturated carbocycles. The Balaban J connectivity index is 1.52. The monoisotopic (exact) mass is 443 g/mol. The molecule has 1 heterocycles. The standard InChI is InChI=1S/C22H16ClF2N3OS/c23-17-11-16(9-10-18(17)25)26-21(29)13-30-22-27-19-3-1-2-4-20(19)28(22)12-14-5-7-15(24)8-6-14/h1-11H,12-13H2,(H,26,29). The summed E-state index contributed by atoms with van der Waals surface area (Å²) in [7, 11) is 0. The lowest BCUT2D eigenvalue weighted by molar-refractivity contribution is -0.113. The van der Waals surface area contributed by atoms with Gasteiger partial charge in [-0.25, -0.2) is 13.8 Å². The number of imidazole rings is 1. The van der Waals surface area contributed by atoms with E-state index in [0.717, 1.165) is 16.6 Å². The molecule has 4 aromatic rings. The van der Waals surface area contributed by atoms with Gasteiger partial charge in [0.1, 0.15) is 11.6 Å². The molecule has 8 heteroatoms. The molecule has 4 nitrogen and oxygen atoms in total. The van der Waals surface area contributed by atoms with Crippen LogP contribution in [0.3, 0.4) is 0 Å². The topological polar surface area (TPSA) is 46.9 Å². The first-order valence-electron chi connectivity index (χ1n) is 9.07. The van der Waals surface area contributed by atoms with Crippen LogP contribution in [0.2, 0.25) is 5.02 Å². The first-order chi connectivity index (χ1) is 14.5. The molecule has 0 spiro atoms. The number of nitrogens with one attached hydrogen (secondary N) is 1. The van der Waals surface area contributed by atoms with Gasteiger partial charge >= 0.3 is 0 Å². The van der Waals surface area contributed by atoms with Gasteiger partial charge in [0.15, 0.2) is 5.16 Å². The third-order valence-corrected chi connectivity index (χ3v) is 5.68. The smallest absolute Gasteiger partial charge is 0.234 e. The summed E-state index contributed by atoms with van der Waals surface area (Å²) in [6, 6.07) is 18.0. The lowest BCUT2D eigenvalue weighted by Gasteiger charge is -2.10. The summed E-state index contributed by atoms with van der Waals surface area (Å²) < 4.78 is 28.5. The highest BCUT2D eigenvalue weighted by molar-refractivity contribution is 7.99. The van der Waals surface area contributed by atoms with Crippen molar-refractivity contribution in [3.63, 3.8) is 0 Å². The number of aromatic nitrogens is 2. The lowest BCUT2D eigenvalue weighted by Crippen LogP contribution is -2.14. The van der Waals surface area contributed by atoms with E-state index in [9.17, 15) is 13.6 Å². The first kappa shape index (κ1) is 20.4. The van der Waals surface area contributed by atoms with Crippen molar-refractivity contribution in [2.24, 2.45) is 0 Å². The van der Waals surface area contributed by atoms with Crippen LogP contribution in [0.4, 0.5) is 14.5 Å². The molecule has 0 aliphatic rings. The van der Waals surface area contributed by atoms with E-state index in [0.29, 0.717) is 17.4 Å². The number of benzene rings is 3. The van der Waals surface area contributed by atoms with Gasteiger partial charge in [-0.15, -0.1) is 0 Å². The van der Waals surface area contributed by atoms with Crippen LogP contribution in [-0.4, -0.2) is 21.2 Å². The molecular formula is C22H16ClF2N3OS. The molecule has 3 aromatic carbocycles. The molecule has 0 aliphatic carbocycles. The molecule has 30 heavy (non-hydrogen) atoms. The maximum absolute atomic E-state index is 13.3. The fourth-order valence-electron chi connectivity index (χ4n) is 2.99. The number of thioether (sulfide) groups is 1. The zero-order valence-corrected chi connectivity index (χ0v) is 17.2. The minimum Gasteiger partial charge on any atom is -0.325 e. The summed E-state index contributed by atoms with van der Waals surface area (Å²) >= 11 is 7.04. The summed E-state index contributed by atoms with van der Waals surface area (Å²) in [5, 5.41) is 3.32. The molecule has 0 bridgehead atoms. The number of amides is 1. The van der Waals surface area contributed by atoms with Crippen molar-refractivity contribution in [2.75, 3.05) is 11.1 Å². The van der Waals surface area contributed by atoms with Gasteiger partial charge in [-0.1, -0.05) is 47.6 Å². The maximum Gasteiger partial charge on any atom is 0.234 e. The number of halogens is 3. The number of para-hydroxylation sites is 2. The van der Waals surface area contributed by atoms with Crippen LogP contribution in [0.15, 0.2) is 71.9 Å². The Kier molecular flexibility index (Phi) is 6.01. The van der Waals surface area contributed by atoms with E-state index in [1.165, 1.54) is 42.1 Å². The highest BCUT2D eigenvalue weighted by Crippen LogP contribution is 2.26. The predicted molar refractivity (Wildman–Crippen MR) is 116 cm³/mol. The normalized spacial score (nSPS) is 11.0. The lowest BCUT2D eigenvalue weighted by atomic mass is 10.2. The van der Waals surface area contributed by atoms with E-state index in [1.807, 2.05) is 28.8 Å². The van der Waals surface area contributed by atoms with Crippen molar-refractivity contribution in [1.82, 2.24) is 9.55 Å². The second kappa shape index (κ2) is 8.85. The number of hydrogen-bond acceptors (Lipinski definition) is 3. The summed E-state index contributed by atoms with van der Waals surface area (Å²) in [6.45, 7) is 0.498. The van der Waals surface area contributed by atoms with E-state index in [2.05, 4.69) is 10.3 Å². The number of nitrogens with zero attached hydrogens (tertiary/aromatic N) is 2. The SMILES string of the molecule is O=C(CSc1nc2ccccc2n1Cc1ccc(F)cc1)Nc1ccc(F)c(Cl)c1. The number of rotatable bonds is 6. The molecule has 1 N–H and O–H groups in total. The average molecular weight is 444 g/mol. The van der Waals surface area contributed by atoms with Gasteiger partial charge in [-0.2, -0.15) is 0 Å². The first-order valence-corrected chi connectivity index (χ1v) is 10.4. The fourth-order valence-corrected chi connectivity index (χ4v) is 3.98. The van der Waals surface area contributed by atoms with Gasteiger partial charge in [0, 0.05) is 5.69 Å². The van der Waals surface area contributed by atoms with Crippen LogP contribution in [0, 0.1) is 11.6 Å². The van der Waals surface area contributed by atoms with E-state index >= 15 is 0 Å². The van der Waals surface area contributed by atoms with Crippen LogP contribution in [0.1, 0.15) is 5.56 Å². The average Bonchev–Trinajstić information content (AvgIpc) is 3.08. The Morgan fingerprint density at radius 2 is 1.83 bits per heavy atom. The van der Waals surface area contributed by atoms with E-state index < -0.39 is 5.82 Å². The van der Waals surface area contributed by atoms with Crippen LogP contribution in [-0.2, 0) is 11.3 Å². The number of anilines is 1. The zero-order valence-electron chi connectivity index (χ0n) is 15.6. The molecule has 0 unspecified atom stereocenters. The predicted octanol–water partition coefficient (Wildman–Crippen LogP) is 5.75. The summed E-state index contributed by atoms with van der Waals surface area (Å²) in [6.07, 6.45) is 0. The van der Waals surface area contributed by atoms with Gasteiger partial charge in [0.2, 0.25) is 5.91 Å². The Labute approximate surface area is 180 Å². The van der Waals surface area contributed by atoms with Crippen molar-refractivity contribution >= 4 is 46.0 Å². The minimum absolute atomic E-state index is 0.0541. The van der Waals surface area contributed by atoms with E-state index in [1.54, 1.807) is 12.1 Å². The third kappa shape index (κ3) is 4.63. The maximum atomic E-state index is 13.3. The molecule has 0 saturated heterocycles. The second-order valence-electron chi connectivity index (χ2n) is 6.56. The van der Waals surface area contributed by atoms with Crippen LogP contribution in [0.5, 0.6) is 0 Å². The van der Waals surface area contributed by atoms with Gasteiger partial charge in [0.25, 0.3) is 0 Å². The highest BCUT2D eigenvalue weighted by Gasteiger charge is 2.14. The van der Waals surface area contributed by atoms with Crippen LogP contribution >= 0.6 is 23.4 Å². The van der Waals surface area contributed by atoms with Crippen molar-refractivity contribution in [3.8, 4) is 0 Å². The molecule has 152 valence electrons. The Morgan fingerprint density at radius 3 is 2.60 bits per heavy atom. The van der Waals surface area contributed by atoms with Crippen molar-refractivity contribution in [1.29, 1.82) is 0 Å². The summed E-state index contributed by atoms with van der Waals surface area (Å²) in [5.74, 6) is -0.982. The van der Waals surface area contributed by atoms with Crippen molar-refractivity contribution in [2.45, 2.75) is 11.7 Å². The largest absolute Gasteiger partial charge is 0.325 e. The Morgan fingerprint density at radius 1 is 1.07 bits per heavy atom. The molecule has 0 radical (unpaired) electrons. The Bertz CT molecular complexity index is 1210. The zero-order chi connectivity index (χ0) is 21.1. The number of hydrogen-bond donors (Lipinski definition) is 1. The quantitative estimate of drug-likeness (QED) is 0.386. The van der Waals surface area contributed by atoms with E-state index in [-0.39, 0.29) is 22.5 Å². The summed E-state index contributed by atoms with van der Waals surface area (Å²) in [5.41, 5.74) is 3.08. The van der Waals surface area contributed by atoms with Crippen LogP contribution < -0.4 is 5.32 Å². The number of fused-ring (bicyclic) bond motifs is 1. The second-order valence-corrected chi connectivity index (χ2v) is 7.91. The highest BCUT2D eigenvalue weighted by atomic mass is 35.5. The molecule has 0 atom stereocenters. The minimum atomic E-state index is -0.543. The molecular weight excluding hydrogens is 428 g/mol.